The number of carbonyl (C=O) groups excluding carboxylic acids is 2. The molecule has 1 atom stereocenters. The molecule has 1 aromatic heterocycles. The van der Waals surface area contributed by atoms with Crippen LogP contribution in [-0.4, -0.2) is 47.5 Å². The summed E-state index contributed by atoms with van der Waals surface area (Å²) >= 11 is 1.58. The van der Waals surface area contributed by atoms with Crippen LogP contribution in [0, 0.1) is 12.8 Å². The second-order valence-corrected chi connectivity index (χ2v) is 11.4. The Hall–Kier alpha value is -4.04. The molecule has 4 aromatic rings. The molecular weight excluding hydrogens is 520 g/mol. The van der Waals surface area contributed by atoms with E-state index in [1.165, 1.54) is 0 Å². The average molecular weight is 555 g/mol. The largest absolute Gasteiger partial charge is 0.497 e. The Balaban J connectivity index is 1.77. The van der Waals surface area contributed by atoms with Crippen LogP contribution in [0.1, 0.15) is 35.8 Å². The first-order valence-corrected chi connectivity index (χ1v) is 14.5. The van der Waals surface area contributed by atoms with Gasteiger partial charge in [0.25, 0.3) is 0 Å². The van der Waals surface area contributed by atoms with Gasteiger partial charge in [0.05, 0.1) is 29.5 Å². The van der Waals surface area contributed by atoms with Gasteiger partial charge in [0.2, 0.25) is 11.8 Å². The third kappa shape index (κ3) is 5.63. The Kier molecular flexibility index (Phi) is 8.26. The highest BCUT2D eigenvalue weighted by Crippen LogP contribution is 2.49. The van der Waals surface area contributed by atoms with Gasteiger partial charge in [-0.2, -0.15) is 5.10 Å². The van der Waals surface area contributed by atoms with E-state index in [1.807, 2.05) is 85.3 Å². The highest BCUT2D eigenvalue weighted by Gasteiger charge is 2.38. The topological polar surface area (TPSA) is 76.5 Å². The van der Waals surface area contributed by atoms with Crippen molar-refractivity contribution in [3.63, 3.8) is 0 Å². The molecule has 0 saturated heterocycles. The average Bonchev–Trinajstić information content (AvgIpc) is 3.30. The molecule has 206 valence electrons. The van der Waals surface area contributed by atoms with Crippen LogP contribution in [0.15, 0.2) is 78.9 Å². The van der Waals surface area contributed by atoms with Crippen LogP contribution in [0.5, 0.6) is 5.75 Å². The number of carbonyl (C=O) groups is 2. The van der Waals surface area contributed by atoms with E-state index in [0.717, 1.165) is 39.4 Å². The summed E-state index contributed by atoms with van der Waals surface area (Å²) in [7, 11) is 1.63. The SMILES string of the molecule is COc1ccc(-n2nc(-c3ccccc3)c3c2N(CC(=O)NCC(C)C)C(=O)CS[C@H]3c2ccccc2C)cc1. The predicted molar refractivity (Wildman–Crippen MR) is 161 cm³/mol. The van der Waals surface area contributed by atoms with Gasteiger partial charge in [-0.25, -0.2) is 4.68 Å². The summed E-state index contributed by atoms with van der Waals surface area (Å²) < 4.78 is 7.19. The number of thioether (sulfide) groups is 1. The number of methoxy groups -OCH3 is 1. The maximum atomic E-state index is 13.8. The molecule has 0 spiro atoms. The molecule has 3 aromatic carbocycles. The lowest BCUT2D eigenvalue weighted by atomic mass is 9.97. The van der Waals surface area contributed by atoms with Crippen molar-refractivity contribution in [1.29, 1.82) is 0 Å². The van der Waals surface area contributed by atoms with Crippen LogP contribution in [-0.2, 0) is 9.59 Å². The number of aromatic nitrogens is 2. The van der Waals surface area contributed by atoms with Gasteiger partial charge >= 0.3 is 0 Å². The highest BCUT2D eigenvalue weighted by molar-refractivity contribution is 8.00. The lowest BCUT2D eigenvalue weighted by molar-refractivity contribution is -0.123. The van der Waals surface area contributed by atoms with Gasteiger partial charge < -0.3 is 10.1 Å². The zero-order chi connectivity index (χ0) is 28.2. The molecule has 0 unspecified atom stereocenters. The summed E-state index contributed by atoms with van der Waals surface area (Å²) in [5.41, 5.74) is 5.69. The van der Waals surface area contributed by atoms with Crippen molar-refractivity contribution in [3.05, 3.63) is 95.6 Å². The standard InChI is InChI=1S/C32H34N4O3S/c1-21(2)18-33-27(37)19-35-28(38)20-40-31(26-13-9-8-10-22(26)3)29-30(23-11-6-5-7-12-23)34-36(32(29)35)24-14-16-25(39-4)17-15-24/h5-17,21,31H,18-20H2,1-4H3,(H,33,37)/t31-/m0/s1. The number of rotatable bonds is 8. The molecular formula is C32H34N4O3S. The van der Waals surface area contributed by atoms with E-state index in [9.17, 15) is 9.59 Å². The van der Waals surface area contributed by atoms with Gasteiger partial charge in [-0.1, -0.05) is 68.4 Å². The second kappa shape index (κ2) is 12.0. The molecule has 40 heavy (non-hydrogen) atoms. The van der Waals surface area contributed by atoms with E-state index in [1.54, 1.807) is 23.8 Å². The van der Waals surface area contributed by atoms with Gasteiger partial charge in [-0.3, -0.25) is 14.5 Å². The minimum atomic E-state index is -0.198. The number of ether oxygens (including phenoxy) is 1. The number of amides is 2. The molecule has 7 nitrogen and oxygen atoms in total. The molecule has 1 N–H and O–H groups in total. The maximum absolute atomic E-state index is 13.8. The van der Waals surface area contributed by atoms with Crippen molar-refractivity contribution in [2.75, 3.05) is 30.9 Å². The molecule has 2 amide bonds. The third-order valence-electron chi connectivity index (χ3n) is 6.93. The monoisotopic (exact) mass is 554 g/mol. The summed E-state index contributed by atoms with van der Waals surface area (Å²) in [6.07, 6.45) is 0. The smallest absolute Gasteiger partial charge is 0.240 e. The van der Waals surface area contributed by atoms with E-state index in [0.29, 0.717) is 18.3 Å². The van der Waals surface area contributed by atoms with Gasteiger partial charge in [-0.05, 0) is 48.2 Å². The molecule has 8 heteroatoms. The fraction of sp³-hybridized carbons (Fsp3) is 0.281. The first-order chi connectivity index (χ1) is 19.4. The lowest BCUT2D eigenvalue weighted by Crippen LogP contribution is -2.43. The summed E-state index contributed by atoms with van der Waals surface area (Å²) in [6.45, 7) is 6.64. The lowest BCUT2D eigenvalue weighted by Gasteiger charge is -2.24. The summed E-state index contributed by atoms with van der Waals surface area (Å²) in [4.78, 5) is 28.6. The van der Waals surface area contributed by atoms with E-state index in [-0.39, 0.29) is 29.4 Å². The first kappa shape index (κ1) is 27.5. The van der Waals surface area contributed by atoms with Crippen LogP contribution in [0.4, 0.5) is 5.82 Å². The predicted octanol–water partition coefficient (Wildman–Crippen LogP) is 5.80. The normalized spacial score (nSPS) is 15.1. The summed E-state index contributed by atoms with van der Waals surface area (Å²) in [5, 5.41) is 7.96. The van der Waals surface area contributed by atoms with Crippen LogP contribution in [0.25, 0.3) is 16.9 Å². The number of fused-ring (bicyclic) bond motifs is 1. The number of nitrogens with one attached hydrogen (secondary N) is 1. The molecule has 0 bridgehead atoms. The van der Waals surface area contributed by atoms with Crippen molar-refractivity contribution < 1.29 is 14.3 Å². The number of aryl methyl sites for hydroxylation is 1. The van der Waals surface area contributed by atoms with Gasteiger partial charge in [0, 0.05) is 17.7 Å². The van der Waals surface area contributed by atoms with Gasteiger partial charge in [0.1, 0.15) is 18.1 Å². The Morgan fingerprint density at radius 3 is 2.42 bits per heavy atom. The molecule has 1 aliphatic heterocycles. The van der Waals surface area contributed by atoms with Gasteiger partial charge in [-0.15, -0.1) is 11.8 Å². The first-order valence-electron chi connectivity index (χ1n) is 13.4. The molecule has 0 fully saturated rings. The number of anilines is 1. The molecule has 0 aliphatic carbocycles. The quantitative estimate of drug-likeness (QED) is 0.298. The highest BCUT2D eigenvalue weighted by atomic mass is 32.2. The zero-order valence-corrected chi connectivity index (χ0v) is 24.1. The second-order valence-electron chi connectivity index (χ2n) is 10.3. The van der Waals surface area contributed by atoms with Crippen LogP contribution < -0.4 is 15.0 Å². The van der Waals surface area contributed by atoms with E-state index < -0.39 is 0 Å². The van der Waals surface area contributed by atoms with Crippen molar-refractivity contribution in [2.24, 2.45) is 5.92 Å². The number of hydrogen-bond donors (Lipinski definition) is 1. The van der Waals surface area contributed by atoms with Crippen LogP contribution in [0.2, 0.25) is 0 Å². The maximum Gasteiger partial charge on any atom is 0.240 e. The Morgan fingerprint density at radius 2 is 1.75 bits per heavy atom. The Morgan fingerprint density at radius 1 is 1.05 bits per heavy atom. The summed E-state index contributed by atoms with van der Waals surface area (Å²) in [6, 6.07) is 25.9. The molecule has 0 radical (unpaired) electrons. The number of hydrogen-bond acceptors (Lipinski definition) is 5. The van der Waals surface area contributed by atoms with E-state index in [2.05, 4.69) is 24.4 Å². The van der Waals surface area contributed by atoms with E-state index >= 15 is 0 Å². The molecule has 5 rings (SSSR count). The zero-order valence-electron chi connectivity index (χ0n) is 23.3. The van der Waals surface area contributed by atoms with Crippen LogP contribution >= 0.6 is 11.8 Å². The van der Waals surface area contributed by atoms with Crippen molar-refractivity contribution >= 4 is 29.4 Å². The fourth-order valence-corrected chi connectivity index (χ4v) is 6.17. The number of benzene rings is 3. The molecule has 1 aliphatic rings. The van der Waals surface area contributed by atoms with Gasteiger partial charge in [0.15, 0.2) is 0 Å². The molecule has 2 heterocycles. The molecule has 0 saturated carbocycles. The fourth-order valence-electron chi connectivity index (χ4n) is 4.88. The minimum absolute atomic E-state index is 0.0876. The van der Waals surface area contributed by atoms with Crippen molar-refractivity contribution in [2.45, 2.75) is 26.0 Å². The summed E-state index contributed by atoms with van der Waals surface area (Å²) in [5.74, 6) is 1.55. The van der Waals surface area contributed by atoms with Crippen LogP contribution in [0.3, 0.4) is 0 Å². The van der Waals surface area contributed by atoms with E-state index in [4.69, 9.17) is 9.84 Å². The minimum Gasteiger partial charge on any atom is -0.497 e. The third-order valence-corrected chi connectivity index (χ3v) is 8.17. The van der Waals surface area contributed by atoms with Crippen molar-refractivity contribution in [1.82, 2.24) is 15.1 Å². The Labute approximate surface area is 239 Å². The van der Waals surface area contributed by atoms with Crippen molar-refractivity contribution in [3.8, 4) is 22.7 Å². The Bertz CT molecular complexity index is 1500. The number of nitrogens with zero attached hydrogens (tertiary/aromatic N) is 3.